The van der Waals surface area contributed by atoms with Crippen molar-refractivity contribution in [1.82, 2.24) is 35.1 Å². The third-order valence-corrected chi connectivity index (χ3v) is 5.96. The van der Waals surface area contributed by atoms with Gasteiger partial charge in [0.2, 0.25) is 0 Å². The third kappa shape index (κ3) is 4.21. The first-order chi connectivity index (χ1) is 18.3. The van der Waals surface area contributed by atoms with Crippen LogP contribution in [0.2, 0.25) is 0 Å². The number of benzene rings is 1. The number of amides is 1. The van der Waals surface area contributed by atoms with Crippen molar-refractivity contribution in [2.45, 2.75) is 13.1 Å². The molecule has 3 N–H and O–H groups in total. The summed E-state index contributed by atoms with van der Waals surface area (Å²) in [5.41, 5.74) is 6.40. The van der Waals surface area contributed by atoms with Crippen LogP contribution < -0.4 is 5.32 Å². The Morgan fingerprint density at radius 1 is 0.947 bits per heavy atom. The molecule has 0 saturated carbocycles. The Labute approximate surface area is 212 Å². The van der Waals surface area contributed by atoms with Gasteiger partial charge in [-0.05, 0) is 24.6 Å². The Balaban J connectivity index is 1.40. The smallest absolute Gasteiger partial charge is 0.335 e. The van der Waals surface area contributed by atoms with E-state index < -0.39 is 12.1 Å². The van der Waals surface area contributed by atoms with E-state index in [0.29, 0.717) is 33.7 Å². The van der Waals surface area contributed by atoms with Gasteiger partial charge < -0.3 is 10.3 Å². The van der Waals surface area contributed by atoms with Gasteiger partial charge in [0, 0.05) is 35.3 Å². The Bertz CT molecular complexity index is 1840. The second kappa shape index (κ2) is 8.76. The summed E-state index contributed by atoms with van der Waals surface area (Å²) in [4.78, 5) is 32.1. The van der Waals surface area contributed by atoms with Crippen LogP contribution in [-0.4, -0.2) is 47.2 Å². The quantitative estimate of drug-likeness (QED) is 0.288. The van der Waals surface area contributed by atoms with Gasteiger partial charge in [0.05, 0.1) is 34.5 Å². The van der Waals surface area contributed by atoms with Crippen molar-refractivity contribution >= 4 is 33.7 Å². The summed E-state index contributed by atoms with van der Waals surface area (Å²) in [6.07, 6.45) is 2.58. The lowest BCUT2D eigenvalue weighted by molar-refractivity contribution is -0.167. The second-order valence-corrected chi connectivity index (χ2v) is 8.65. The molecular formula is C26H17F3N8O. The van der Waals surface area contributed by atoms with E-state index in [1.807, 2.05) is 30.4 Å². The zero-order valence-electron chi connectivity index (χ0n) is 19.6. The average molecular weight is 514 g/mol. The molecule has 0 bridgehead atoms. The molecule has 6 aromatic rings. The number of aromatic nitrogens is 7. The Kier molecular flexibility index (Phi) is 5.37. The van der Waals surface area contributed by atoms with Crippen molar-refractivity contribution in [1.29, 1.82) is 0 Å². The van der Waals surface area contributed by atoms with Crippen molar-refractivity contribution in [3.05, 3.63) is 72.9 Å². The predicted octanol–water partition coefficient (Wildman–Crippen LogP) is 5.43. The van der Waals surface area contributed by atoms with Crippen LogP contribution in [0.4, 0.5) is 18.9 Å². The maximum absolute atomic E-state index is 12.7. The van der Waals surface area contributed by atoms with Crippen molar-refractivity contribution in [2.75, 3.05) is 5.32 Å². The molecule has 5 heterocycles. The number of nitrogens with one attached hydrogen (secondary N) is 3. The molecule has 9 nitrogen and oxygen atoms in total. The number of rotatable bonds is 4. The molecular weight excluding hydrogens is 497 g/mol. The molecule has 1 amide bonds. The monoisotopic (exact) mass is 514 g/mol. The Hall–Kier alpha value is -5.13. The molecule has 0 atom stereocenters. The van der Waals surface area contributed by atoms with Crippen LogP contribution in [0.1, 0.15) is 5.56 Å². The van der Waals surface area contributed by atoms with Gasteiger partial charge in [0.25, 0.3) is 0 Å². The van der Waals surface area contributed by atoms with Crippen molar-refractivity contribution < 1.29 is 18.0 Å². The van der Waals surface area contributed by atoms with Crippen LogP contribution in [0.3, 0.4) is 0 Å². The number of anilines is 1. The molecule has 38 heavy (non-hydrogen) atoms. The van der Waals surface area contributed by atoms with Crippen LogP contribution in [-0.2, 0) is 4.79 Å². The summed E-state index contributed by atoms with van der Waals surface area (Å²) in [5, 5.41) is 9.68. The second-order valence-electron chi connectivity index (χ2n) is 8.65. The van der Waals surface area contributed by atoms with E-state index in [9.17, 15) is 18.0 Å². The number of hydrogen-bond acceptors (Lipinski definition) is 6. The van der Waals surface area contributed by atoms with Gasteiger partial charge >= 0.3 is 12.1 Å². The number of aromatic amines is 2. The van der Waals surface area contributed by atoms with Gasteiger partial charge in [-0.1, -0.05) is 29.8 Å². The van der Waals surface area contributed by atoms with Crippen molar-refractivity contribution in [2.24, 2.45) is 0 Å². The van der Waals surface area contributed by atoms with Crippen LogP contribution in [0.15, 0.2) is 67.4 Å². The van der Waals surface area contributed by atoms with E-state index in [-0.39, 0.29) is 5.69 Å². The number of aryl methyl sites for hydroxylation is 1. The SMILES string of the molecule is Cc1cccc(-c2cncc3[nH]c(-c4[nH]nc5ncc(-c6cncc(NC(=O)C(F)(F)F)c6)cc45)nc23)c1. The molecule has 0 radical (unpaired) electrons. The van der Waals surface area contributed by atoms with Crippen LogP contribution >= 0.6 is 0 Å². The fourth-order valence-corrected chi connectivity index (χ4v) is 4.18. The summed E-state index contributed by atoms with van der Waals surface area (Å²) >= 11 is 0. The van der Waals surface area contributed by atoms with Gasteiger partial charge in [-0.2, -0.15) is 18.3 Å². The topological polar surface area (TPSA) is 125 Å². The summed E-state index contributed by atoms with van der Waals surface area (Å²) in [7, 11) is 0. The summed E-state index contributed by atoms with van der Waals surface area (Å²) in [5.74, 6) is -1.56. The maximum atomic E-state index is 12.7. The Morgan fingerprint density at radius 2 is 1.76 bits per heavy atom. The van der Waals surface area contributed by atoms with Gasteiger partial charge in [-0.3, -0.25) is 19.9 Å². The largest absolute Gasteiger partial charge is 0.471 e. The van der Waals surface area contributed by atoms with E-state index in [4.69, 9.17) is 4.98 Å². The average Bonchev–Trinajstić information content (AvgIpc) is 3.52. The maximum Gasteiger partial charge on any atom is 0.471 e. The zero-order valence-corrected chi connectivity index (χ0v) is 19.6. The highest BCUT2D eigenvalue weighted by molar-refractivity contribution is 5.97. The molecule has 188 valence electrons. The first-order valence-corrected chi connectivity index (χ1v) is 11.3. The van der Waals surface area contributed by atoms with Gasteiger partial charge in [-0.15, -0.1) is 0 Å². The minimum absolute atomic E-state index is 0.0919. The van der Waals surface area contributed by atoms with Crippen LogP contribution in [0, 0.1) is 6.92 Å². The molecule has 0 unspecified atom stereocenters. The normalized spacial score (nSPS) is 11.8. The molecule has 0 aliphatic heterocycles. The van der Waals surface area contributed by atoms with E-state index in [1.165, 1.54) is 18.5 Å². The highest BCUT2D eigenvalue weighted by Gasteiger charge is 2.38. The van der Waals surface area contributed by atoms with Gasteiger partial charge in [-0.25, -0.2) is 9.97 Å². The van der Waals surface area contributed by atoms with Gasteiger partial charge in [0.1, 0.15) is 5.69 Å². The first-order valence-electron chi connectivity index (χ1n) is 11.3. The number of carbonyl (C=O) groups excluding carboxylic acids is 1. The number of halogens is 3. The fraction of sp³-hybridized carbons (Fsp3) is 0.0769. The number of carbonyl (C=O) groups is 1. The van der Waals surface area contributed by atoms with E-state index in [1.54, 1.807) is 18.5 Å². The minimum Gasteiger partial charge on any atom is -0.335 e. The summed E-state index contributed by atoms with van der Waals surface area (Å²) < 4.78 is 38.0. The highest BCUT2D eigenvalue weighted by Crippen LogP contribution is 2.32. The molecule has 0 aliphatic rings. The molecule has 6 rings (SSSR count). The molecule has 0 aliphatic carbocycles. The lowest BCUT2D eigenvalue weighted by Crippen LogP contribution is -2.29. The first kappa shape index (κ1) is 23.3. The highest BCUT2D eigenvalue weighted by atomic mass is 19.4. The van der Waals surface area contributed by atoms with E-state index in [0.717, 1.165) is 33.9 Å². The molecule has 0 fully saturated rings. The molecule has 0 saturated heterocycles. The van der Waals surface area contributed by atoms with E-state index in [2.05, 4.69) is 36.2 Å². The number of H-pyrrole nitrogens is 2. The number of imidazole rings is 1. The lowest BCUT2D eigenvalue weighted by atomic mass is 10.0. The standard InChI is InChI=1S/C26H17F3N8O/c1-13-3-2-4-14(5-13)19-11-31-12-20-21(19)35-24(34-20)22-18-7-16(9-32-23(18)37-36-22)15-6-17(10-30-8-15)33-25(38)26(27,28)29/h2-12H,1H3,(H,33,38)(H,34,35)(H,32,36,37). The lowest BCUT2D eigenvalue weighted by Gasteiger charge is -2.09. The van der Waals surface area contributed by atoms with Crippen molar-refractivity contribution in [3.63, 3.8) is 0 Å². The Morgan fingerprint density at radius 3 is 2.58 bits per heavy atom. The molecule has 1 aromatic carbocycles. The molecule has 0 spiro atoms. The van der Waals surface area contributed by atoms with Crippen molar-refractivity contribution in [3.8, 4) is 33.8 Å². The molecule has 5 aromatic heterocycles. The molecule has 12 heteroatoms. The van der Waals surface area contributed by atoms with Gasteiger partial charge in [0.15, 0.2) is 11.5 Å². The fourth-order valence-electron chi connectivity index (χ4n) is 4.18. The van der Waals surface area contributed by atoms with Crippen LogP contribution in [0.25, 0.3) is 55.8 Å². The zero-order chi connectivity index (χ0) is 26.4. The van der Waals surface area contributed by atoms with Crippen LogP contribution in [0.5, 0.6) is 0 Å². The number of fused-ring (bicyclic) bond motifs is 2. The summed E-state index contributed by atoms with van der Waals surface area (Å²) in [6, 6.07) is 11.2. The summed E-state index contributed by atoms with van der Waals surface area (Å²) in [6.45, 7) is 2.02. The number of pyridine rings is 3. The number of nitrogens with zero attached hydrogens (tertiary/aromatic N) is 5. The number of alkyl halides is 3. The van der Waals surface area contributed by atoms with E-state index >= 15 is 0 Å². The number of hydrogen-bond donors (Lipinski definition) is 3. The predicted molar refractivity (Wildman–Crippen MR) is 135 cm³/mol. The third-order valence-electron chi connectivity index (χ3n) is 5.96. The minimum atomic E-state index is -5.01.